The van der Waals surface area contributed by atoms with Gasteiger partial charge in [0.25, 0.3) is 0 Å². The van der Waals surface area contributed by atoms with Crippen LogP contribution >= 0.6 is 11.3 Å². The van der Waals surface area contributed by atoms with E-state index in [0.717, 1.165) is 12.2 Å². The van der Waals surface area contributed by atoms with Gasteiger partial charge in [-0.05, 0) is 36.1 Å². The Hall–Kier alpha value is -1.72. The van der Waals surface area contributed by atoms with Crippen molar-refractivity contribution in [3.8, 4) is 0 Å². The van der Waals surface area contributed by atoms with Crippen LogP contribution < -0.4 is 5.32 Å². The largest absolute Gasteiger partial charge is 0.465 e. The third-order valence-electron chi connectivity index (χ3n) is 2.81. The number of carbonyl (C=O) groups is 1. The van der Waals surface area contributed by atoms with Crippen molar-refractivity contribution in [3.05, 3.63) is 51.5 Å². The number of carbonyl (C=O) groups excluding carboxylic acids is 1. The van der Waals surface area contributed by atoms with Crippen molar-refractivity contribution in [1.29, 1.82) is 0 Å². The number of aryl methyl sites for hydroxylation is 1. The molecule has 0 saturated heterocycles. The highest BCUT2D eigenvalue weighted by atomic mass is 32.1. The molecule has 0 atom stereocenters. The SMILES string of the molecule is COC(=O)c1ccc(CNCc2sccc2C)nc1. The van der Waals surface area contributed by atoms with Gasteiger partial charge in [-0.15, -0.1) is 11.3 Å². The van der Waals surface area contributed by atoms with E-state index >= 15 is 0 Å². The summed E-state index contributed by atoms with van der Waals surface area (Å²) in [5.74, 6) is -0.360. The monoisotopic (exact) mass is 276 g/mol. The van der Waals surface area contributed by atoms with Gasteiger partial charge in [0.1, 0.15) is 0 Å². The maximum Gasteiger partial charge on any atom is 0.339 e. The Labute approximate surface area is 116 Å². The lowest BCUT2D eigenvalue weighted by molar-refractivity contribution is 0.0600. The summed E-state index contributed by atoms with van der Waals surface area (Å²) in [5.41, 5.74) is 2.69. The fourth-order valence-electron chi connectivity index (χ4n) is 1.66. The first-order valence-electron chi connectivity index (χ1n) is 5.97. The number of hydrogen-bond donors (Lipinski definition) is 1. The molecule has 4 nitrogen and oxygen atoms in total. The molecular formula is C14H16N2O2S. The number of esters is 1. The fraction of sp³-hybridized carbons (Fsp3) is 0.286. The molecule has 2 aromatic rings. The van der Waals surface area contributed by atoms with Gasteiger partial charge in [-0.1, -0.05) is 0 Å². The molecule has 0 spiro atoms. The molecule has 2 rings (SSSR count). The first-order valence-corrected chi connectivity index (χ1v) is 6.85. The third kappa shape index (κ3) is 3.62. The normalized spacial score (nSPS) is 10.4. The molecule has 5 heteroatoms. The highest BCUT2D eigenvalue weighted by molar-refractivity contribution is 7.10. The van der Waals surface area contributed by atoms with E-state index < -0.39 is 0 Å². The van der Waals surface area contributed by atoms with E-state index in [0.29, 0.717) is 12.1 Å². The number of nitrogens with zero attached hydrogens (tertiary/aromatic N) is 1. The summed E-state index contributed by atoms with van der Waals surface area (Å²) in [6, 6.07) is 5.68. The van der Waals surface area contributed by atoms with Crippen LogP contribution in [0.2, 0.25) is 0 Å². The Balaban J connectivity index is 1.86. The lowest BCUT2D eigenvalue weighted by Crippen LogP contribution is -2.13. The zero-order valence-corrected chi connectivity index (χ0v) is 11.8. The molecule has 0 bridgehead atoms. The van der Waals surface area contributed by atoms with E-state index in [1.165, 1.54) is 17.6 Å². The molecule has 0 unspecified atom stereocenters. The standard InChI is InChI=1S/C14H16N2O2S/c1-10-5-6-19-13(10)9-15-8-12-4-3-11(7-16-12)14(17)18-2/h3-7,15H,8-9H2,1-2H3. The first kappa shape index (κ1) is 13.7. The molecule has 0 amide bonds. The minimum absolute atomic E-state index is 0.360. The maximum absolute atomic E-state index is 11.3. The van der Waals surface area contributed by atoms with E-state index in [1.54, 1.807) is 23.6 Å². The number of nitrogens with one attached hydrogen (secondary N) is 1. The molecule has 1 N–H and O–H groups in total. The van der Waals surface area contributed by atoms with Gasteiger partial charge in [-0.3, -0.25) is 4.98 Å². The third-order valence-corrected chi connectivity index (χ3v) is 3.83. The van der Waals surface area contributed by atoms with E-state index in [2.05, 4.69) is 33.4 Å². The molecule has 0 aliphatic rings. The fourth-order valence-corrected chi connectivity index (χ4v) is 2.53. The number of hydrogen-bond acceptors (Lipinski definition) is 5. The number of rotatable bonds is 5. The van der Waals surface area contributed by atoms with Crippen LogP contribution in [0.5, 0.6) is 0 Å². The lowest BCUT2D eigenvalue weighted by Gasteiger charge is -2.04. The van der Waals surface area contributed by atoms with Gasteiger partial charge >= 0.3 is 5.97 Å². The van der Waals surface area contributed by atoms with Crippen LogP contribution in [0.15, 0.2) is 29.8 Å². The molecule has 0 saturated carbocycles. The summed E-state index contributed by atoms with van der Waals surface area (Å²) in [7, 11) is 1.36. The van der Waals surface area contributed by atoms with Crippen LogP contribution in [-0.2, 0) is 17.8 Å². The topological polar surface area (TPSA) is 51.2 Å². The van der Waals surface area contributed by atoms with Crippen molar-refractivity contribution >= 4 is 17.3 Å². The molecule has 0 aliphatic heterocycles. The summed E-state index contributed by atoms with van der Waals surface area (Å²) in [6.07, 6.45) is 1.54. The molecule has 0 fully saturated rings. The number of thiophene rings is 1. The maximum atomic E-state index is 11.3. The smallest absolute Gasteiger partial charge is 0.339 e. The summed E-state index contributed by atoms with van der Waals surface area (Å²) in [5, 5.41) is 5.43. The zero-order chi connectivity index (χ0) is 13.7. The number of methoxy groups -OCH3 is 1. The number of pyridine rings is 1. The predicted octanol–water partition coefficient (Wildman–Crippen LogP) is 2.53. The Morgan fingerprint density at radius 2 is 2.21 bits per heavy atom. The molecule has 0 aliphatic carbocycles. The molecule has 19 heavy (non-hydrogen) atoms. The summed E-state index contributed by atoms with van der Waals surface area (Å²) in [6.45, 7) is 3.62. The van der Waals surface area contributed by atoms with Crippen LogP contribution in [0.4, 0.5) is 0 Å². The number of ether oxygens (including phenoxy) is 1. The van der Waals surface area contributed by atoms with Gasteiger partial charge in [-0.25, -0.2) is 4.79 Å². The second-order valence-corrected chi connectivity index (χ2v) is 5.16. The zero-order valence-electron chi connectivity index (χ0n) is 11.0. The summed E-state index contributed by atoms with van der Waals surface area (Å²) < 4.78 is 4.63. The van der Waals surface area contributed by atoms with Gasteiger partial charge in [0.15, 0.2) is 0 Å². The van der Waals surface area contributed by atoms with E-state index in [1.807, 2.05) is 6.07 Å². The van der Waals surface area contributed by atoms with Crippen LogP contribution in [0.3, 0.4) is 0 Å². The highest BCUT2D eigenvalue weighted by Gasteiger charge is 2.05. The van der Waals surface area contributed by atoms with Crippen LogP contribution in [0.1, 0.15) is 26.5 Å². The van der Waals surface area contributed by atoms with Crippen LogP contribution in [0.25, 0.3) is 0 Å². The Kier molecular flexibility index (Phi) is 4.65. The van der Waals surface area contributed by atoms with Crippen molar-refractivity contribution in [3.63, 3.8) is 0 Å². The minimum Gasteiger partial charge on any atom is -0.465 e. The van der Waals surface area contributed by atoms with Crippen molar-refractivity contribution in [1.82, 2.24) is 10.3 Å². The second kappa shape index (κ2) is 6.45. The van der Waals surface area contributed by atoms with Gasteiger partial charge in [0.2, 0.25) is 0 Å². The second-order valence-electron chi connectivity index (χ2n) is 4.16. The average molecular weight is 276 g/mol. The quantitative estimate of drug-likeness (QED) is 0.853. The average Bonchev–Trinajstić information content (AvgIpc) is 2.84. The van der Waals surface area contributed by atoms with E-state index in [4.69, 9.17) is 0 Å². The van der Waals surface area contributed by atoms with E-state index in [9.17, 15) is 4.79 Å². The van der Waals surface area contributed by atoms with Crippen molar-refractivity contribution < 1.29 is 9.53 Å². The Bertz CT molecular complexity index is 549. The first-order chi connectivity index (χ1) is 9.20. The molecule has 0 radical (unpaired) electrons. The predicted molar refractivity (Wildman–Crippen MR) is 75.2 cm³/mol. The summed E-state index contributed by atoms with van der Waals surface area (Å²) >= 11 is 1.75. The molecular weight excluding hydrogens is 260 g/mol. The van der Waals surface area contributed by atoms with Crippen molar-refractivity contribution in [2.75, 3.05) is 7.11 Å². The summed E-state index contributed by atoms with van der Waals surface area (Å²) in [4.78, 5) is 16.8. The molecule has 100 valence electrons. The Morgan fingerprint density at radius 1 is 1.37 bits per heavy atom. The van der Waals surface area contributed by atoms with Crippen LogP contribution in [-0.4, -0.2) is 18.1 Å². The van der Waals surface area contributed by atoms with E-state index in [-0.39, 0.29) is 5.97 Å². The minimum atomic E-state index is -0.360. The van der Waals surface area contributed by atoms with Crippen molar-refractivity contribution in [2.24, 2.45) is 0 Å². The lowest BCUT2D eigenvalue weighted by atomic mass is 10.2. The van der Waals surface area contributed by atoms with Gasteiger partial charge in [0.05, 0.1) is 18.4 Å². The van der Waals surface area contributed by atoms with Gasteiger partial charge in [0, 0.05) is 24.2 Å². The number of aromatic nitrogens is 1. The van der Waals surface area contributed by atoms with Crippen molar-refractivity contribution in [2.45, 2.75) is 20.0 Å². The van der Waals surface area contributed by atoms with Gasteiger partial charge < -0.3 is 10.1 Å². The molecule has 2 aromatic heterocycles. The Morgan fingerprint density at radius 3 is 2.79 bits per heavy atom. The van der Waals surface area contributed by atoms with Crippen LogP contribution in [0, 0.1) is 6.92 Å². The van der Waals surface area contributed by atoms with Gasteiger partial charge in [-0.2, -0.15) is 0 Å². The highest BCUT2D eigenvalue weighted by Crippen LogP contribution is 2.14. The molecule has 0 aromatic carbocycles. The molecule has 2 heterocycles.